The lowest BCUT2D eigenvalue weighted by Gasteiger charge is -2.27. The molecule has 0 unspecified atom stereocenters. The Kier molecular flexibility index (Phi) is 5.04. The third kappa shape index (κ3) is 3.65. The fourth-order valence-corrected chi connectivity index (χ4v) is 3.32. The van der Waals surface area contributed by atoms with Gasteiger partial charge in [0.2, 0.25) is 10.0 Å². The lowest BCUT2D eigenvalue weighted by atomic mass is 10.1. The summed E-state index contributed by atoms with van der Waals surface area (Å²) in [6, 6.07) is 3.39. The van der Waals surface area contributed by atoms with Crippen molar-refractivity contribution < 1.29 is 22.6 Å². The average molecular weight is 316 g/mol. The monoisotopic (exact) mass is 316 g/mol. The predicted molar refractivity (Wildman–Crippen MR) is 77.0 cm³/mol. The number of benzene rings is 1. The number of ether oxygens (including phenoxy) is 3. The normalized spacial score (nSPS) is 16.7. The molecule has 0 atom stereocenters. The van der Waals surface area contributed by atoms with E-state index in [0.29, 0.717) is 31.1 Å². The van der Waals surface area contributed by atoms with Gasteiger partial charge in [0.1, 0.15) is 4.90 Å². The van der Waals surface area contributed by atoms with Crippen LogP contribution >= 0.6 is 0 Å². The molecule has 2 N–H and O–H groups in total. The number of morpholine rings is 1. The van der Waals surface area contributed by atoms with Crippen LogP contribution in [0.25, 0.3) is 0 Å². The van der Waals surface area contributed by atoms with Gasteiger partial charge < -0.3 is 14.2 Å². The van der Waals surface area contributed by atoms with E-state index in [1.165, 1.54) is 14.2 Å². The molecule has 0 spiro atoms. The van der Waals surface area contributed by atoms with Crippen LogP contribution in [0.1, 0.15) is 5.56 Å². The quantitative estimate of drug-likeness (QED) is 0.833. The zero-order chi connectivity index (χ0) is 15.5. The molecule has 21 heavy (non-hydrogen) atoms. The van der Waals surface area contributed by atoms with Crippen molar-refractivity contribution in [3.05, 3.63) is 17.7 Å². The maximum absolute atomic E-state index is 11.9. The smallest absolute Gasteiger partial charge is 0.242 e. The topological polar surface area (TPSA) is 91.1 Å². The molecule has 0 aliphatic carbocycles. The Labute approximate surface area is 124 Å². The third-order valence-corrected chi connectivity index (χ3v) is 4.38. The van der Waals surface area contributed by atoms with Gasteiger partial charge in [-0.05, 0) is 11.6 Å². The summed E-state index contributed by atoms with van der Waals surface area (Å²) in [7, 11) is -1.08. The average Bonchev–Trinajstić information content (AvgIpc) is 2.46. The summed E-state index contributed by atoms with van der Waals surface area (Å²) < 4.78 is 39.5. The maximum Gasteiger partial charge on any atom is 0.242 e. The van der Waals surface area contributed by atoms with E-state index in [4.69, 9.17) is 19.3 Å². The maximum atomic E-state index is 11.9. The summed E-state index contributed by atoms with van der Waals surface area (Å²) in [6.07, 6.45) is 0. The summed E-state index contributed by atoms with van der Waals surface area (Å²) in [6.45, 7) is 3.24. The van der Waals surface area contributed by atoms with E-state index in [1.54, 1.807) is 12.1 Å². The zero-order valence-corrected chi connectivity index (χ0v) is 13.0. The Balaban J connectivity index is 2.44. The van der Waals surface area contributed by atoms with E-state index < -0.39 is 10.0 Å². The highest BCUT2D eigenvalue weighted by Crippen LogP contribution is 2.36. The number of hydrogen-bond acceptors (Lipinski definition) is 6. The third-order valence-electron chi connectivity index (χ3n) is 3.36. The van der Waals surface area contributed by atoms with Gasteiger partial charge >= 0.3 is 0 Å². The predicted octanol–water partition coefficient (Wildman–Crippen LogP) is 0.183. The highest BCUT2D eigenvalue weighted by molar-refractivity contribution is 7.89. The lowest BCUT2D eigenvalue weighted by Crippen LogP contribution is -2.36. The Hall–Kier alpha value is -1.35. The van der Waals surface area contributed by atoms with E-state index in [0.717, 1.165) is 13.1 Å². The molecule has 0 amide bonds. The van der Waals surface area contributed by atoms with Crippen molar-refractivity contribution in [3.63, 3.8) is 0 Å². The van der Waals surface area contributed by atoms with Gasteiger partial charge in [-0.25, -0.2) is 13.6 Å². The lowest BCUT2D eigenvalue weighted by molar-refractivity contribution is 0.0338. The van der Waals surface area contributed by atoms with Crippen LogP contribution in [-0.2, 0) is 21.3 Å². The van der Waals surface area contributed by atoms with Crippen LogP contribution in [0.15, 0.2) is 17.0 Å². The molecule has 8 heteroatoms. The van der Waals surface area contributed by atoms with E-state index in [1.807, 2.05) is 0 Å². The van der Waals surface area contributed by atoms with Crippen LogP contribution in [-0.4, -0.2) is 53.8 Å². The highest BCUT2D eigenvalue weighted by atomic mass is 32.2. The van der Waals surface area contributed by atoms with Crippen LogP contribution in [0.4, 0.5) is 0 Å². The van der Waals surface area contributed by atoms with Gasteiger partial charge in [0.15, 0.2) is 11.5 Å². The molecule has 1 aliphatic rings. The Morgan fingerprint density at radius 3 is 2.43 bits per heavy atom. The van der Waals surface area contributed by atoms with Crippen LogP contribution in [0.3, 0.4) is 0 Å². The molecule has 118 valence electrons. The second-order valence-corrected chi connectivity index (χ2v) is 6.22. The van der Waals surface area contributed by atoms with Gasteiger partial charge in [0.25, 0.3) is 0 Å². The minimum atomic E-state index is -3.92. The summed E-state index contributed by atoms with van der Waals surface area (Å²) in [5, 5.41) is 5.36. The van der Waals surface area contributed by atoms with Crippen molar-refractivity contribution >= 4 is 10.0 Å². The summed E-state index contributed by atoms with van der Waals surface area (Å²) in [5.41, 5.74) is 0.594. The van der Waals surface area contributed by atoms with E-state index in [-0.39, 0.29) is 10.6 Å². The van der Waals surface area contributed by atoms with Gasteiger partial charge in [0.05, 0.1) is 27.4 Å². The van der Waals surface area contributed by atoms with E-state index in [2.05, 4.69) is 4.90 Å². The molecule has 0 bridgehead atoms. The van der Waals surface area contributed by atoms with Crippen molar-refractivity contribution in [3.8, 4) is 11.5 Å². The molecule has 1 saturated heterocycles. The summed E-state index contributed by atoms with van der Waals surface area (Å²) in [5.74, 6) is 0.484. The first-order valence-corrected chi connectivity index (χ1v) is 8.08. The number of nitrogens with zero attached hydrogens (tertiary/aromatic N) is 1. The minimum Gasteiger partial charge on any atom is -0.493 e. The molecule has 1 fully saturated rings. The van der Waals surface area contributed by atoms with Gasteiger partial charge in [-0.1, -0.05) is 6.07 Å². The molecule has 0 saturated carbocycles. The second kappa shape index (κ2) is 6.61. The number of nitrogens with two attached hydrogens (primary N) is 1. The molecule has 1 heterocycles. The van der Waals surface area contributed by atoms with Gasteiger partial charge in [-0.3, -0.25) is 4.90 Å². The standard InChI is InChI=1S/C13H20N2O5S/c1-18-11-4-3-10(9-15-5-7-20-8-6-15)13(12(11)19-2)21(14,16)17/h3-4H,5-9H2,1-2H3,(H2,14,16,17). The first kappa shape index (κ1) is 16.0. The molecular weight excluding hydrogens is 296 g/mol. The van der Waals surface area contributed by atoms with Crippen molar-refractivity contribution in [2.24, 2.45) is 5.14 Å². The van der Waals surface area contributed by atoms with Crippen LogP contribution in [0, 0.1) is 0 Å². The Morgan fingerprint density at radius 2 is 1.90 bits per heavy atom. The summed E-state index contributed by atoms with van der Waals surface area (Å²) in [4.78, 5) is 2.09. The van der Waals surface area contributed by atoms with Gasteiger partial charge in [-0.2, -0.15) is 0 Å². The molecule has 0 aromatic heterocycles. The van der Waals surface area contributed by atoms with E-state index in [9.17, 15) is 8.42 Å². The van der Waals surface area contributed by atoms with Crippen molar-refractivity contribution in [1.82, 2.24) is 4.90 Å². The number of methoxy groups -OCH3 is 2. The number of rotatable bonds is 5. The fourth-order valence-electron chi connectivity index (χ4n) is 2.38. The zero-order valence-electron chi connectivity index (χ0n) is 12.2. The van der Waals surface area contributed by atoms with Crippen LogP contribution in [0.2, 0.25) is 0 Å². The molecule has 2 rings (SSSR count). The van der Waals surface area contributed by atoms with Gasteiger partial charge in [-0.15, -0.1) is 0 Å². The van der Waals surface area contributed by atoms with Crippen molar-refractivity contribution in [2.45, 2.75) is 11.4 Å². The molecular formula is C13H20N2O5S. The molecule has 7 nitrogen and oxygen atoms in total. The highest BCUT2D eigenvalue weighted by Gasteiger charge is 2.25. The van der Waals surface area contributed by atoms with Crippen molar-refractivity contribution in [2.75, 3.05) is 40.5 Å². The first-order chi connectivity index (χ1) is 9.97. The fraction of sp³-hybridized carbons (Fsp3) is 0.538. The molecule has 1 aliphatic heterocycles. The number of hydrogen-bond donors (Lipinski definition) is 1. The molecule has 1 aromatic rings. The summed E-state index contributed by atoms with van der Waals surface area (Å²) >= 11 is 0. The Bertz CT molecular complexity index is 597. The first-order valence-electron chi connectivity index (χ1n) is 6.54. The SMILES string of the molecule is COc1ccc(CN2CCOCC2)c(S(N)(=O)=O)c1OC. The van der Waals surface area contributed by atoms with Gasteiger partial charge in [0, 0.05) is 19.6 Å². The number of primary sulfonamides is 1. The van der Waals surface area contributed by atoms with Crippen molar-refractivity contribution in [1.29, 1.82) is 0 Å². The van der Waals surface area contributed by atoms with E-state index >= 15 is 0 Å². The number of sulfonamides is 1. The molecule has 1 aromatic carbocycles. The largest absolute Gasteiger partial charge is 0.493 e. The van der Waals surface area contributed by atoms with Crippen LogP contribution in [0.5, 0.6) is 11.5 Å². The second-order valence-electron chi connectivity index (χ2n) is 4.72. The minimum absolute atomic E-state index is 0.0177. The molecule has 0 radical (unpaired) electrons. The Morgan fingerprint density at radius 1 is 1.24 bits per heavy atom. The van der Waals surface area contributed by atoms with Crippen LogP contribution < -0.4 is 14.6 Å².